The maximum Gasteiger partial charge on any atom is 0.0831 e. The smallest absolute Gasteiger partial charge is 0.0831 e. The lowest BCUT2D eigenvalue weighted by Crippen LogP contribution is -2.44. The summed E-state index contributed by atoms with van der Waals surface area (Å²) < 4.78 is 0. The highest BCUT2D eigenvalue weighted by Crippen LogP contribution is 2.27. The van der Waals surface area contributed by atoms with Crippen LogP contribution in [0.25, 0.3) is 0 Å². The van der Waals surface area contributed by atoms with E-state index in [2.05, 4.69) is 82.5 Å². The largest absolute Gasteiger partial charge is 0.355 e. The minimum Gasteiger partial charge on any atom is -0.355 e. The first-order chi connectivity index (χ1) is 9.82. The second-order valence-corrected chi connectivity index (χ2v) is 12.0. The van der Waals surface area contributed by atoms with Crippen LogP contribution in [0.1, 0.15) is 25.0 Å². The number of para-hydroxylation sites is 1. The van der Waals surface area contributed by atoms with E-state index in [1.165, 1.54) is 16.8 Å². The van der Waals surface area contributed by atoms with E-state index >= 15 is 0 Å². The van der Waals surface area contributed by atoms with Crippen molar-refractivity contribution in [3.8, 4) is 0 Å². The van der Waals surface area contributed by atoms with E-state index in [1.54, 1.807) is 5.19 Å². The van der Waals surface area contributed by atoms with E-state index in [1.807, 2.05) is 6.07 Å². The zero-order chi connectivity index (χ0) is 15.6. The van der Waals surface area contributed by atoms with E-state index in [4.69, 9.17) is 0 Å². The van der Waals surface area contributed by atoms with Gasteiger partial charge >= 0.3 is 0 Å². The highest BCUT2D eigenvalue weighted by Gasteiger charge is 2.28. The number of rotatable bonds is 4. The predicted octanol–water partition coefficient (Wildman–Crippen LogP) is 5.37. The fourth-order valence-corrected chi connectivity index (χ4v) is 4.38. The van der Waals surface area contributed by atoms with Crippen molar-refractivity contribution in [3.05, 3.63) is 53.6 Å². The number of aryl methyl sites for hydroxylation is 2. The van der Waals surface area contributed by atoms with Crippen LogP contribution < -0.4 is 10.5 Å². The monoisotopic (exact) mass is 297 g/mol. The van der Waals surface area contributed by atoms with E-state index in [0.29, 0.717) is 0 Å². The normalized spacial score (nSPS) is 11.8. The highest BCUT2D eigenvalue weighted by molar-refractivity contribution is 6.90. The van der Waals surface area contributed by atoms with Crippen molar-refractivity contribution in [1.82, 2.24) is 0 Å². The average Bonchev–Trinajstić information content (AvgIpc) is 2.43. The van der Waals surface area contributed by atoms with Crippen molar-refractivity contribution < 1.29 is 0 Å². The number of benzene rings is 2. The van der Waals surface area contributed by atoms with Crippen molar-refractivity contribution in [2.24, 2.45) is 0 Å². The summed E-state index contributed by atoms with van der Waals surface area (Å²) in [6.07, 6.45) is 0. The van der Waals surface area contributed by atoms with Crippen molar-refractivity contribution in [2.75, 3.05) is 5.32 Å². The van der Waals surface area contributed by atoms with Crippen LogP contribution in [0.2, 0.25) is 18.6 Å². The van der Waals surface area contributed by atoms with Gasteiger partial charge in [-0.25, -0.2) is 0 Å². The molecule has 21 heavy (non-hydrogen) atoms. The van der Waals surface area contributed by atoms with Gasteiger partial charge < -0.3 is 5.32 Å². The lowest BCUT2D eigenvalue weighted by Gasteiger charge is -2.29. The molecule has 0 aliphatic rings. The maximum atomic E-state index is 3.56. The standard InChI is InChI=1S/C19H27NSi/c1-14(2)21(5,6)18-12-15(3)19(16(4)13-18)20-17-10-8-7-9-11-17/h7-14,20H,1-6H3. The fourth-order valence-electron chi connectivity index (χ4n) is 2.53. The Balaban J connectivity index is 2.39. The molecule has 112 valence electrons. The van der Waals surface area contributed by atoms with E-state index in [9.17, 15) is 0 Å². The second kappa shape index (κ2) is 6.06. The fraction of sp³-hybridized carbons (Fsp3) is 0.368. The molecule has 0 aromatic heterocycles. The van der Waals surface area contributed by atoms with Gasteiger partial charge in [0.15, 0.2) is 0 Å². The quantitative estimate of drug-likeness (QED) is 0.748. The molecule has 0 amide bonds. The molecule has 1 N–H and O–H groups in total. The predicted molar refractivity (Wildman–Crippen MR) is 97.9 cm³/mol. The minimum atomic E-state index is -1.36. The third-order valence-corrected chi connectivity index (χ3v) is 9.43. The maximum absolute atomic E-state index is 3.56. The third kappa shape index (κ3) is 3.38. The lowest BCUT2D eigenvalue weighted by molar-refractivity contribution is 1.02. The molecule has 1 nitrogen and oxygen atoms in total. The number of hydrogen-bond acceptors (Lipinski definition) is 1. The van der Waals surface area contributed by atoms with Crippen LogP contribution in [0.5, 0.6) is 0 Å². The van der Waals surface area contributed by atoms with Gasteiger partial charge in [0.25, 0.3) is 0 Å². The summed E-state index contributed by atoms with van der Waals surface area (Å²) in [6.45, 7) is 14.1. The zero-order valence-corrected chi connectivity index (χ0v) is 15.1. The molecule has 0 unspecified atom stereocenters. The molecule has 0 bridgehead atoms. The molecule has 0 aliphatic carbocycles. The summed E-state index contributed by atoms with van der Waals surface area (Å²) >= 11 is 0. The Hall–Kier alpha value is -1.54. The van der Waals surface area contributed by atoms with Gasteiger partial charge in [-0.1, -0.05) is 62.5 Å². The molecule has 2 aromatic rings. The van der Waals surface area contributed by atoms with Gasteiger partial charge in [0, 0.05) is 11.4 Å². The molecule has 0 saturated heterocycles. The summed E-state index contributed by atoms with van der Waals surface area (Å²) in [5.74, 6) is 0. The molecule has 0 fully saturated rings. The van der Waals surface area contributed by atoms with Gasteiger partial charge in [0.2, 0.25) is 0 Å². The van der Waals surface area contributed by atoms with Gasteiger partial charge in [-0.3, -0.25) is 0 Å². The van der Waals surface area contributed by atoms with Crippen molar-refractivity contribution >= 4 is 24.6 Å². The molecule has 0 heterocycles. The van der Waals surface area contributed by atoms with Crippen LogP contribution in [-0.2, 0) is 0 Å². The highest BCUT2D eigenvalue weighted by atomic mass is 28.3. The summed E-state index contributed by atoms with van der Waals surface area (Å²) in [7, 11) is -1.36. The Morgan fingerprint density at radius 1 is 0.905 bits per heavy atom. The molecule has 2 aromatic carbocycles. The van der Waals surface area contributed by atoms with Crippen LogP contribution in [0.3, 0.4) is 0 Å². The molecule has 0 atom stereocenters. The van der Waals surface area contributed by atoms with Crippen molar-refractivity contribution in [2.45, 2.75) is 46.3 Å². The Kier molecular flexibility index (Phi) is 4.57. The number of nitrogens with one attached hydrogen (secondary N) is 1. The van der Waals surface area contributed by atoms with Crippen LogP contribution >= 0.6 is 0 Å². The SMILES string of the molecule is Cc1cc([Si](C)(C)C(C)C)cc(C)c1Nc1ccccc1. The third-order valence-electron chi connectivity index (χ3n) is 4.76. The summed E-state index contributed by atoms with van der Waals surface area (Å²) in [6, 6.07) is 15.2. The van der Waals surface area contributed by atoms with Crippen LogP contribution in [0.15, 0.2) is 42.5 Å². The molecule has 0 spiro atoms. The minimum absolute atomic E-state index is 0.754. The Labute approximate surface area is 130 Å². The van der Waals surface area contributed by atoms with Gasteiger partial charge in [-0.05, 0) is 42.6 Å². The number of hydrogen-bond donors (Lipinski definition) is 1. The van der Waals surface area contributed by atoms with Crippen LogP contribution in [-0.4, -0.2) is 8.07 Å². The van der Waals surface area contributed by atoms with Crippen molar-refractivity contribution in [3.63, 3.8) is 0 Å². The molecule has 2 rings (SSSR count). The molecular weight excluding hydrogens is 270 g/mol. The van der Waals surface area contributed by atoms with E-state index in [-0.39, 0.29) is 0 Å². The molecule has 0 aliphatic heterocycles. The molecular formula is C19H27NSi. The van der Waals surface area contributed by atoms with Crippen molar-refractivity contribution in [1.29, 1.82) is 0 Å². The van der Waals surface area contributed by atoms with Gasteiger partial charge in [-0.2, -0.15) is 0 Å². The zero-order valence-electron chi connectivity index (χ0n) is 14.1. The molecule has 0 saturated carbocycles. The molecule has 0 radical (unpaired) electrons. The van der Waals surface area contributed by atoms with E-state index < -0.39 is 8.07 Å². The van der Waals surface area contributed by atoms with Gasteiger partial charge in [0.05, 0.1) is 8.07 Å². The lowest BCUT2D eigenvalue weighted by atomic mass is 10.1. The Morgan fingerprint density at radius 3 is 1.90 bits per heavy atom. The van der Waals surface area contributed by atoms with E-state index in [0.717, 1.165) is 11.2 Å². The summed E-state index contributed by atoms with van der Waals surface area (Å²) in [5, 5.41) is 5.13. The van der Waals surface area contributed by atoms with Gasteiger partial charge in [-0.15, -0.1) is 0 Å². The van der Waals surface area contributed by atoms with Crippen LogP contribution in [0.4, 0.5) is 11.4 Å². The first-order valence-corrected chi connectivity index (χ1v) is 10.8. The first kappa shape index (κ1) is 15.8. The van der Waals surface area contributed by atoms with Gasteiger partial charge in [0.1, 0.15) is 0 Å². The second-order valence-electron chi connectivity index (χ2n) is 6.85. The average molecular weight is 298 g/mol. The Morgan fingerprint density at radius 2 is 1.43 bits per heavy atom. The Bertz CT molecular complexity index is 592. The topological polar surface area (TPSA) is 12.0 Å². The molecule has 2 heteroatoms. The number of anilines is 2. The summed E-state index contributed by atoms with van der Waals surface area (Å²) in [5.41, 5.74) is 5.84. The van der Waals surface area contributed by atoms with Crippen LogP contribution in [0, 0.1) is 13.8 Å². The first-order valence-electron chi connectivity index (χ1n) is 7.76. The summed E-state index contributed by atoms with van der Waals surface area (Å²) in [4.78, 5) is 0.